The van der Waals surface area contributed by atoms with Gasteiger partial charge in [0.15, 0.2) is 23.3 Å². The van der Waals surface area contributed by atoms with Gasteiger partial charge in [0.2, 0.25) is 0 Å². The van der Waals surface area contributed by atoms with Crippen LogP contribution < -0.4 is 0 Å². The van der Waals surface area contributed by atoms with E-state index in [1.165, 1.54) is 12.4 Å². The Hall–Kier alpha value is -2.55. The van der Waals surface area contributed by atoms with Gasteiger partial charge in [-0.15, -0.1) is 0 Å². The van der Waals surface area contributed by atoms with Crippen molar-refractivity contribution in [1.82, 2.24) is 9.97 Å². The Bertz CT molecular complexity index is 997. The summed E-state index contributed by atoms with van der Waals surface area (Å²) in [5.74, 6) is -7.55. The molecular weight excluding hydrogens is 452 g/mol. The molecule has 9 heteroatoms. The first-order chi connectivity index (χ1) is 15.6. The smallest absolute Gasteiger partial charge is 0.314 e. The Balaban J connectivity index is 2.31. The van der Waals surface area contributed by atoms with Crippen LogP contribution in [-0.4, -0.2) is 22.0 Å². The van der Waals surface area contributed by atoms with E-state index in [4.69, 9.17) is 9.47 Å². The third-order valence-electron chi connectivity index (χ3n) is 5.14. The summed E-state index contributed by atoms with van der Waals surface area (Å²) in [7, 11) is 0. The highest BCUT2D eigenvalue weighted by atomic mass is 19.2. The van der Waals surface area contributed by atoms with Gasteiger partial charge >= 0.3 is 5.97 Å². The number of hydrogen-bond acceptors (Lipinski definition) is 5. The van der Waals surface area contributed by atoms with Crippen LogP contribution in [0, 0.1) is 28.7 Å². The third kappa shape index (κ3) is 6.31. The number of rotatable bonds is 7. The van der Waals surface area contributed by atoms with Crippen molar-refractivity contribution in [1.29, 1.82) is 0 Å². The first-order valence-electron chi connectivity index (χ1n) is 11.0. The Kier molecular flexibility index (Phi) is 8.45. The molecular formula is C25H32F4N2O3. The van der Waals surface area contributed by atoms with E-state index in [2.05, 4.69) is 9.97 Å². The van der Waals surface area contributed by atoms with E-state index in [0.29, 0.717) is 11.4 Å². The number of halogens is 4. The molecule has 1 aromatic carbocycles. The Labute approximate surface area is 197 Å². The lowest BCUT2D eigenvalue weighted by Gasteiger charge is -2.29. The molecule has 0 fully saturated rings. The van der Waals surface area contributed by atoms with Crippen LogP contribution in [0.1, 0.15) is 83.8 Å². The number of ether oxygens (including phenoxy) is 2. The summed E-state index contributed by atoms with van der Waals surface area (Å²) in [6, 6.07) is 0. The maximum absolute atomic E-state index is 14.5. The molecule has 0 spiro atoms. The second kappa shape index (κ2) is 10.4. The highest BCUT2D eigenvalue weighted by molar-refractivity contribution is 5.79. The van der Waals surface area contributed by atoms with E-state index in [0.717, 1.165) is 0 Å². The van der Waals surface area contributed by atoms with Crippen molar-refractivity contribution in [2.75, 3.05) is 0 Å². The summed E-state index contributed by atoms with van der Waals surface area (Å²) in [5.41, 5.74) is -2.39. The average molecular weight is 485 g/mol. The molecule has 188 valence electrons. The van der Waals surface area contributed by atoms with Crippen LogP contribution in [-0.2, 0) is 32.9 Å². The number of benzene rings is 1. The summed E-state index contributed by atoms with van der Waals surface area (Å²) in [4.78, 5) is 21.6. The Morgan fingerprint density at radius 2 is 1.29 bits per heavy atom. The third-order valence-corrected chi connectivity index (χ3v) is 5.14. The van der Waals surface area contributed by atoms with Gasteiger partial charge in [0.05, 0.1) is 29.8 Å². The molecule has 0 aliphatic carbocycles. The number of esters is 1. The number of nitrogens with zero attached hydrogens (tertiary/aromatic N) is 2. The van der Waals surface area contributed by atoms with E-state index < -0.39 is 71.0 Å². The largest absolute Gasteiger partial charge is 0.460 e. The van der Waals surface area contributed by atoms with E-state index in [9.17, 15) is 22.4 Å². The predicted octanol–water partition coefficient (Wildman–Crippen LogP) is 6.13. The molecule has 1 atom stereocenters. The monoisotopic (exact) mass is 484 g/mol. The summed E-state index contributed by atoms with van der Waals surface area (Å²) >= 11 is 0. The molecule has 1 heterocycles. The number of aromatic nitrogens is 2. The van der Waals surface area contributed by atoms with Crippen molar-refractivity contribution in [3.8, 4) is 0 Å². The molecule has 0 N–H and O–H groups in total. The molecule has 0 bridgehead atoms. The van der Waals surface area contributed by atoms with E-state index in [1.807, 2.05) is 20.8 Å². The summed E-state index contributed by atoms with van der Waals surface area (Å²) in [6.07, 6.45) is 2.62. The lowest BCUT2D eigenvalue weighted by atomic mass is 9.77. The highest BCUT2D eigenvalue weighted by Crippen LogP contribution is 2.36. The van der Waals surface area contributed by atoms with Crippen LogP contribution in [0.4, 0.5) is 17.6 Å². The zero-order valence-electron chi connectivity index (χ0n) is 20.9. The van der Waals surface area contributed by atoms with Crippen LogP contribution in [0.15, 0.2) is 12.4 Å². The SMILES string of the molecule is CC(C)OCc1c(F)c(F)c(COC(=O)C(c2cnc(C(C)(C)C)nc2)C(C)(C)C)c(F)c1F. The second-order valence-electron chi connectivity index (χ2n) is 10.6. The minimum atomic E-state index is -1.63. The second-order valence-corrected chi connectivity index (χ2v) is 10.6. The normalized spacial score (nSPS) is 13.3. The number of hydrogen-bond donors (Lipinski definition) is 0. The predicted molar refractivity (Wildman–Crippen MR) is 119 cm³/mol. The number of carbonyl (C=O) groups is 1. The van der Waals surface area contributed by atoms with Gasteiger partial charge in [-0.05, 0) is 19.3 Å². The lowest BCUT2D eigenvalue weighted by molar-refractivity contribution is -0.149. The van der Waals surface area contributed by atoms with Gasteiger partial charge in [-0.2, -0.15) is 0 Å². The van der Waals surface area contributed by atoms with Gasteiger partial charge in [-0.25, -0.2) is 27.5 Å². The first kappa shape index (κ1) is 27.7. The van der Waals surface area contributed by atoms with E-state index in [1.54, 1.807) is 34.6 Å². The standard InChI is InChI=1S/C25H32F4N2O3/c1-13(2)33-11-15-18(26)20(28)16(21(29)19(15)27)12-34-22(32)17(24(3,4)5)14-9-30-23(31-10-14)25(6,7)8/h9-10,13,17H,11-12H2,1-8H3. The number of carbonyl (C=O) groups excluding carboxylic acids is 1. The first-order valence-corrected chi connectivity index (χ1v) is 11.0. The van der Waals surface area contributed by atoms with Gasteiger partial charge in [-0.3, -0.25) is 4.79 Å². The van der Waals surface area contributed by atoms with Gasteiger partial charge in [-0.1, -0.05) is 41.5 Å². The van der Waals surface area contributed by atoms with Crippen molar-refractivity contribution >= 4 is 5.97 Å². The van der Waals surface area contributed by atoms with Gasteiger partial charge in [0.25, 0.3) is 0 Å². The van der Waals surface area contributed by atoms with Crippen molar-refractivity contribution in [3.05, 3.63) is 58.2 Å². The molecule has 0 saturated heterocycles. The average Bonchev–Trinajstić information content (AvgIpc) is 2.71. The molecule has 1 unspecified atom stereocenters. The van der Waals surface area contributed by atoms with Crippen LogP contribution in [0.3, 0.4) is 0 Å². The Morgan fingerprint density at radius 3 is 1.68 bits per heavy atom. The topological polar surface area (TPSA) is 61.3 Å². The molecule has 0 amide bonds. The minimum Gasteiger partial charge on any atom is -0.460 e. The summed E-state index contributed by atoms with van der Waals surface area (Å²) in [5, 5.41) is 0. The van der Waals surface area contributed by atoms with Crippen LogP contribution >= 0.6 is 0 Å². The molecule has 34 heavy (non-hydrogen) atoms. The molecule has 2 rings (SSSR count). The zero-order chi connectivity index (χ0) is 26.0. The quantitative estimate of drug-likeness (QED) is 0.269. The van der Waals surface area contributed by atoms with Crippen LogP contribution in [0.5, 0.6) is 0 Å². The maximum atomic E-state index is 14.5. The fourth-order valence-corrected chi connectivity index (χ4v) is 3.32. The van der Waals surface area contributed by atoms with E-state index >= 15 is 0 Å². The van der Waals surface area contributed by atoms with Gasteiger partial charge in [0, 0.05) is 23.4 Å². The van der Waals surface area contributed by atoms with Crippen molar-refractivity contribution in [3.63, 3.8) is 0 Å². The molecule has 0 aliphatic heterocycles. The Morgan fingerprint density at radius 1 is 0.853 bits per heavy atom. The molecule has 2 aromatic rings. The zero-order valence-corrected chi connectivity index (χ0v) is 20.9. The van der Waals surface area contributed by atoms with Crippen molar-refractivity contribution < 1.29 is 31.8 Å². The molecule has 1 aromatic heterocycles. The van der Waals surface area contributed by atoms with Gasteiger partial charge < -0.3 is 9.47 Å². The molecule has 0 saturated carbocycles. The lowest BCUT2D eigenvalue weighted by Crippen LogP contribution is -2.29. The fourth-order valence-electron chi connectivity index (χ4n) is 3.32. The van der Waals surface area contributed by atoms with Crippen molar-refractivity contribution in [2.24, 2.45) is 5.41 Å². The van der Waals surface area contributed by atoms with Gasteiger partial charge in [0.1, 0.15) is 12.4 Å². The van der Waals surface area contributed by atoms with Crippen molar-refractivity contribution in [2.45, 2.75) is 86.0 Å². The van der Waals surface area contributed by atoms with Crippen LogP contribution in [0.2, 0.25) is 0 Å². The maximum Gasteiger partial charge on any atom is 0.314 e. The summed E-state index contributed by atoms with van der Waals surface area (Å²) < 4.78 is 68.1. The molecule has 0 radical (unpaired) electrons. The molecule has 5 nitrogen and oxygen atoms in total. The summed E-state index contributed by atoms with van der Waals surface area (Å²) in [6.45, 7) is 12.8. The van der Waals surface area contributed by atoms with Crippen LogP contribution in [0.25, 0.3) is 0 Å². The van der Waals surface area contributed by atoms with E-state index in [-0.39, 0.29) is 5.41 Å². The minimum absolute atomic E-state index is 0.300. The fraction of sp³-hybridized carbons (Fsp3) is 0.560. The highest BCUT2D eigenvalue weighted by Gasteiger charge is 2.36. The molecule has 0 aliphatic rings.